The molecule has 3 rings (SSSR count). The molecule has 162 valence electrons. The maximum absolute atomic E-state index is 13.1. The van der Waals surface area contributed by atoms with Gasteiger partial charge < -0.3 is 9.84 Å². The molecule has 1 aliphatic rings. The summed E-state index contributed by atoms with van der Waals surface area (Å²) in [4.78, 5) is 36.8. The number of allylic oxidation sites excluding steroid dienone is 6. The molecule has 1 N–H and O–H groups in total. The van der Waals surface area contributed by atoms with Crippen LogP contribution in [0.2, 0.25) is 0 Å². The van der Waals surface area contributed by atoms with Gasteiger partial charge in [-0.05, 0) is 44.0 Å². The average Bonchev–Trinajstić information content (AvgIpc) is 2.75. The van der Waals surface area contributed by atoms with Crippen LogP contribution in [0.5, 0.6) is 5.75 Å². The molecular weight excluding hydrogens is 404 g/mol. The second-order valence-electron chi connectivity index (χ2n) is 7.41. The highest BCUT2D eigenvalue weighted by atomic mass is 16.5. The van der Waals surface area contributed by atoms with Crippen LogP contribution in [0, 0.1) is 0 Å². The monoisotopic (exact) mass is 428 g/mol. The molecule has 2 aromatic rings. The van der Waals surface area contributed by atoms with Gasteiger partial charge in [-0.3, -0.25) is 9.59 Å². The first kappa shape index (κ1) is 22.7. The van der Waals surface area contributed by atoms with Crippen molar-refractivity contribution in [1.29, 1.82) is 0 Å². The third-order valence-electron chi connectivity index (χ3n) is 4.92. The van der Waals surface area contributed by atoms with E-state index in [0.29, 0.717) is 40.2 Å². The molecule has 0 heterocycles. The number of carbonyl (C=O) groups is 3. The molecule has 0 saturated carbocycles. The number of hydrogen-bond acceptors (Lipinski definition) is 4. The first-order chi connectivity index (χ1) is 15.3. The second kappa shape index (κ2) is 9.88. The van der Waals surface area contributed by atoms with Gasteiger partial charge in [0.05, 0.1) is 12.2 Å². The Kier molecular flexibility index (Phi) is 7.00. The number of fused-ring (bicyclic) bond motifs is 2. The first-order valence-corrected chi connectivity index (χ1v) is 10.2. The van der Waals surface area contributed by atoms with Crippen molar-refractivity contribution >= 4 is 23.6 Å². The van der Waals surface area contributed by atoms with E-state index in [4.69, 9.17) is 9.84 Å². The van der Waals surface area contributed by atoms with Crippen LogP contribution in [0.1, 0.15) is 58.2 Å². The van der Waals surface area contributed by atoms with Crippen LogP contribution < -0.4 is 4.74 Å². The topological polar surface area (TPSA) is 80.7 Å². The number of carboxylic acids is 1. The van der Waals surface area contributed by atoms with Crippen molar-refractivity contribution in [3.05, 3.63) is 106 Å². The summed E-state index contributed by atoms with van der Waals surface area (Å²) in [5.74, 6) is -0.989. The zero-order valence-corrected chi connectivity index (χ0v) is 18.2. The van der Waals surface area contributed by atoms with Gasteiger partial charge in [0.1, 0.15) is 5.75 Å². The van der Waals surface area contributed by atoms with E-state index in [1.165, 1.54) is 0 Å². The Morgan fingerprint density at radius 2 is 1.66 bits per heavy atom. The van der Waals surface area contributed by atoms with Crippen LogP contribution in [0.25, 0.3) is 6.08 Å². The van der Waals surface area contributed by atoms with Crippen molar-refractivity contribution in [2.45, 2.75) is 20.8 Å². The number of carboxylic acid groups (broad SMARTS) is 1. The van der Waals surface area contributed by atoms with Gasteiger partial charge in [0.15, 0.2) is 11.6 Å². The van der Waals surface area contributed by atoms with Crippen molar-refractivity contribution in [3.63, 3.8) is 0 Å². The summed E-state index contributed by atoms with van der Waals surface area (Å²) >= 11 is 0. The molecule has 5 nitrogen and oxygen atoms in total. The Morgan fingerprint density at radius 1 is 0.969 bits per heavy atom. The van der Waals surface area contributed by atoms with Gasteiger partial charge >= 0.3 is 5.97 Å². The van der Waals surface area contributed by atoms with Crippen LogP contribution in [0.3, 0.4) is 0 Å². The summed E-state index contributed by atoms with van der Waals surface area (Å²) in [6, 6.07) is 10.3. The number of benzene rings is 2. The molecule has 0 atom stereocenters. The molecule has 2 aromatic carbocycles. The minimum Gasteiger partial charge on any atom is -0.493 e. The summed E-state index contributed by atoms with van der Waals surface area (Å²) in [5, 5.41) is 8.74. The fraction of sp³-hybridized carbons (Fsp3) is 0.148. The number of hydrogen-bond donors (Lipinski definition) is 1. The van der Waals surface area contributed by atoms with E-state index in [9.17, 15) is 14.4 Å². The standard InChI is InChI=1S/C27H24O5/c1-4-32-23-16-19(13-12-17(2)8-7-9-18(3)14-24(28)29)15-22-25(23)27(31)21-11-6-5-10-20(21)26(22)30/h5-16H,4H2,1-3H3,(H,28,29)/b9-7+,13-12+,17-8+,18-14-. The van der Waals surface area contributed by atoms with Gasteiger partial charge in [0.2, 0.25) is 0 Å². The van der Waals surface area contributed by atoms with Crippen molar-refractivity contribution in [2.75, 3.05) is 6.61 Å². The molecule has 0 fully saturated rings. The maximum Gasteiger partial charge on any atom is 0.328 e. The van der Waals surface area contributed by atoms with Crippen LogP contribution in [0.4, 0.5) is 0 Å². The van der Waals surface area contributed by atoms with Gasteiger partial charge in [-0.25, -0.2) is 4.79 Å². The Bertz CT molecular complexity index is 1210. The number of rotatable bonds is 7. The molecule has 0 amide bonds. The van der Waals surface area contributed by atoms with Crippen molar-refractivity contribution in [3.8, 4) is 5.75 Å². The number of aliphatic carboxylic acids is 1. The number of ether oxygens (including phenoxy) is 1. The molecule has 0 saturated heterocycles. The van der Waals surface area contributed by atoms with Gasteiger partial charge in [0, 0.05) is 22.8 Å². The van der Waals surface area contributed by atoms with Crippen LogP contribution >= 0.6 is 0 Å². The molecule has 32 heavy (non-hydrogen) atoms. The lowest BCUT2D eigenvalue weighted by atomic mass is 9.82. The summed E-state index contributed by atoms with van der Waals surface area (Å²) in [6.45, 7) is 5.82. The lowest BCUT2D eigenvalue weighted by Gasteiger charge is -2.20. The summed E-state index contributed by atoms with van der Waals surface area (Å²) in [6.07, 6.45) is 10.2. The predicted octanol–water partition coefficient (Wildman–Crippen LogP) is 5.41. The van der Waals surface area contributed by atoms with Crippen LogP contribution in [-0.2, 0) is 4.79 Å². The molecule has 1 aliphatic carbocycles. The fourth-order valence-electron chi connectivity index (χ4n) is 3.45. The molecule has 0 radical (unpaired) electrons. The Balaban J connectivity index is 1.94. The normalized spacial score (nSPS) is 14.1. The van der Waals surface area contributed by atoms with Gasteiger partial charge in [0.25, 0.3) is 0 Å². The van der Waals surface area contributed by atoms with E-state index < -0.39 is 5.97 Å². The summed E-state index contributed by atoms with van der Waals surface area (Å²) < 4.78 is 5.72. The lowest BCUT2D eigenvalue weighted by molar-refractivity contribution is -0.131. The Morgan fingerprint density at radius 3 is 2.31 bits per heavy atom. The van der Waals surface area contributed by atoms with E-state index in [1.807, 2.05) is 32.1 Å². The SMILES string of the molecule is CCOc1cc(/C=C/C(C)=C/C=C/C(C)=C\C(=O)O)cc2c1C(=O)c1ccccc1C2=O. The zero-order valence-electron chi connectivity index (χ0n) is 18.2. The number of carbonyl (C=O) groups excluding carboxylic acids is 2. The Hall–Kier alpha value is -3.99. The van der Waals surface area contributed by atoms with Crippen LogP contribution in [0.15, 0.2) is 77.9 Å². The average molecular weight is 428 g/mol. The largest absolute Gasteiger partial charge is 0.493 e. The number of ketones is 2. The Labute approximate surface area is 187 Å². The molecular formula is C27H24O5. The molecule has 0 unspecified atom stereocenters. The van der Waals surface area contributed by atoms with E-state index in [2.05, 4.69) is 0 Å². The minimum absolute atomic E-state index is 0.192. The maximum atomic E-state index is 13.1. The predicted molar refractivity (Wildman–Crippen MR) is 124 cm³/mol. The minimum atomic E-state index is -0.985. The van der Waals surface area contributed by atoms with Crippen molar-refractivity contribution in [1.82, 2.24) is 0 Å². The lowest BCUT2D eigenvalue weighted by Crippen LogP contribution is -2.22. The highest BCUT2D eigenvalue weighted by Gasteiger charge is 2.32. The van der Waals surface area contributed by atoms with Crippen molar-refractivity contribution in [2.24, 2.45) is 0 Å². The fourth-order valence-corrected chi connectivity index (χ4v) is 3.45. The quantitative estimate of drug-likeness (QED) is 0.402. The van der Waals surface area contributed by atoms with Gasteiger partial charge in [-0.1, -0.05) is 60.2 Å². The van der Waals surface area contributed by atoms with Crippen LogP contribution in [-0.4, -0.2) is 29.2 Å². The summed E-state index contributed by atoms with van der Waals surface area (Å²) in [5.41, 5.74) is 3.75. The molecule has 5 heteroatoms. The molecule has 0 aliphatic heterocycles. The highest BCUT2D eigenvalue weighted by molar-refractivity contribution is 6.29. The first-order valence-electron chi connectivity index (χ1n) is 10.2. The van der Waals surface area contributed by atoms with E-state index in [0.717, 1.165) is 17.2 Å². The van der Waals surface area contributed by atoms with Gasteiger partial charge in [-0.2, -0.15) is 0 Å². The molecule has 0 aromatic heterocycles. The van der Waals surface area contributed by atoms with E-state index in [-0.39, 0.29) is 11.6 Å². The summed E-state index contributed by atoms with van der Waals surface area (Å²) in [7, 11) is 0. The molecule has 0 spiro atoms. The highest BCUT2D eigenvalue weighted by Crippen LogP contribution is 2.35. The van der Waals surface area contributed by atoms with Crippen molar-refractivity contribution < 1.29 is 24.2 Å². The third-order valence-corrected chi connectivity index (χ3v) is 4.92. The second-order valence-corrected chi connectivity index (χ2v) is 7.41. The third kappa shape index (κ3) is 5.01. The molecule has 0 bridgehead atoms. The van der Waals surface area contributed by atoms with E-state index >= 15 is 0 Å². The zero-order chi connectivity index (χ0) is 23.3. The smallest absolute Gasteiger partial charge is 0.328 e. The van der Waals surface area contributed by atoms with Gasteiger partial charge in [-0.15, -0.1) is 0 Å². The van der Waals surface area contributed by atoms with E-state index in [1.54, 1.807) is 55.5 Å².